The van der Waals surface area contributed by atoms with E-state index in [1.165, 1.54) is 25.3 Å². The van der Waals surface area contributed by atoms with Gasteiger partial charge in [0.15, 0.2) is 0 Å². The Hall–Kier alpha value is -2.37. The Morgan fingerprint density at radius 2 is 2.22 bits per heavy atom. The zero-order valence-corrected chi connectivity index (χ0v) is 9.82. The summed E-state index contributed by atoms with van der Waals surface area (Å²) >= 11 is 0. The number of aromatic carboxylic acids is 1. The zero-order chi connectivity index (χ0) is 13.3. The second-order valence-electron chi connectivity index (χ2n) is 3.71. The SMILES string of the molecule is COc1ccc(F)cc1-c1nc(C(=O)O)[nH]c1C. The molecule has 0 aliphatic rings. The number of imidazole rings is 1. The fraction of sp³-hybridized carbons (Fsp3) is 0.167. The fourth-order valence-electron chi connectivity index (χ4n) is 1.69. The fourth-order valence-corrected chi connectivity index (χ4v) is 1.69. The number of nitrogens with one attached hydrogen (secondary N) is 1. The Bertz CT molecular complexity index is 607. The first-order chi connectivity index (χ1) is 8.52. The molecule has 0 unspecified atom stereocenters. The van der Waals surface area contributed by atoms with Gasteiger partial charge in [0.25, 0.3) is 0 Å². The van der Waals surface area contributed by atoms with E-state index < -0.39 is 11.8 Å². The number of hydrogen-bond acceptors (Lipinski definition) is 3. The lowest BCUT2D eigenvalue weighted by molar-refractivity contribution is 0.0684. The van der Waals surface area contributed by atoms with Crippen molar-refractivity contribution in [3.05, 3.63) is 35.5 Å². The van der Waals surface area contributed by atoms with Crippen LogP contribution in [0.5, 0.6) is 5.75 Å². The highest BCUT2D eigenvalue weighted by molar-refractivity contribution is 5.85. The topological polar surface area (TPSA) is 75.2 Å². The third-order valence-electron chi connectivity index (χ3n) is 2.50. The highest BCUT2D eigenvalue weighted by atomic mass is 19.1. The van der Waals surface area contributed by atoms with Gasteiger partial charge in [-0.1, -0.05) is 0 Å². The van der Waals surface area contributed by atoms with E-state index in [9.17, 15) is 9.18 Å². The number of carbonyl (C=O) groups is 1. The van der Waals surface area contributed by atoms with Gasteiger partial charge >= 0.3 is 5.97 Å². The van der Waals surface area contributed by atoms with E-state index in [2.05, 4.69) is 9.97 Å². The molecule has 0 saturated carbocycles. The Balaban J connectivity index is 2.60. The molecule has 0 spiro atoms. The average molecular weight is 250 g/mol. The molecule has 1 aromatic heterocycles. The van der Waals surface area contributed by atoms with Crippen LogP contribution in [-0.4, -0.2) is 28.2 Å². The second kappa shape index (κ2) is 4.48. The molecule has 18 heavy (non-hydrogen) atoms. The molecule has 1 heterocycles. The molecule has 2 rings (SSSR count). The van der Waals surface area contributed by atoms with Gasteiger partial charge < -0.3 is 14.8 Å². The minimum absolute atomic E-state index is 0.186. The van der Waals surface area contributed by atoms with E-state index in [4.69, 9.17) is 9.84 Å². The number of H-pyrrole nitrogens is 1. The van der Waals surface area contributed by atoms with Crippen LogP contribution in [0.3, 0.4) is 0 Å². The molecule has 2 N–H and O–H groups in total. The quantitative estimate of drug-likeness (QED) is 0.875. The summed E-state index contributed by atoms with van der Waals surface area (Å²) in [6.07, 6.45) is 0. The molecule has 2 aromatic rings. The molecule has 0 aliphatic heterocycles. The molecule has 0 amide bonds. The summed E-state index contributed by atoms with van der Waals surface area (Å²) in [4.78, 5) is 17.4. The highest BCUT2D eigenvalue weighted by Crippen LogP contribution is 2.31. The number of aromatic amines is 1. The lowest BCUT2D eigenvalue weighted by atomic mass is 10.1. The standard InChI is InChI=1S/C12H11FN2O3/c1-6-10(15-11(14-6)12(16)17)8-5-7(13)3-4-9(8)18-2/h3-5H,1-2H3,(H,14,15)(H,16,17). The maximum absolute atomic E-state index is 13.3. The maximum Gasteiger partial charge on any atom is 0.371 e. The van der Waals surface area contributed by atoms with Gasteiger partial charge in [0, 0.05) is 11.3 Å². The second-order valence-corrected chi connectivity index (χ2v) is 3.71. The van der Waals surface area contributed by atoms with E-state index in [0.717, 1.165) is 0 Å². The van der Waals surface area contributed by atoms with Gasteiger partial charge in [-0.25, -0.2) is 14.2 Å². The first kappa shape index (κ1) is 12.1. The van der Waals surface area contributed by atoms with Crippen LogP contribution in [0.25, 0.3) is 11.3 Å². The van der Waals surface area contributed by atoms with Crippen molar-refractivity contribution in [2.75, 3.05) is 7.11 Å². The number of rotatable bonds is 3. The predicted molar refractivity (Wildman–Crippen MR) is 62.2 cm³/mol. The number of hydrogen-bond donors (Lipinski definition) is 2. The minimum Gasteiger partial charge on any atom is -0.496 e. The summed E-state index contributed by atoms with van der Waals surface area (Å²) in [7, 11) is 1.46. The van der Waals surface area contributed by atoms with Crippen LogP contribution in [0.15, 0.2) is 18.2 Å². The maximum atomic E-state index is 13.3. The molecule has 0 aliphatic carbocycles. The molecule has 0 atom stereocenters. The number of halogens is 1. The molecule has 1 aromatic carbocycles. The normalized spacial score (nSPS) is 10.4. The lowest BCUT2D eigenvalue weighted by Gasteiger charge is -2.06. The number of carboxylic acids is 1. The van der Waals surface area contributed by atoms with Crippen molar-refractivity contribution in [2.24, 2.45) is 0 Å². The van der Waals surface area contributed by atoms with Crippen LogP contribution in [0.4, 0.5) is 4.39 Å². The Kier molecular flexibility index (Phi) is 3.01. The van der Waals surface area contributed by atoms with Crippen molar-refractivity contribution in [3.63, 3.8) is 0 Å². The van der Waals surface area contributed by atoms with Crippen LogP contribution in [0.2, 0.25) is 0 Å². The molecule has 0 saturated heterocycles. The molecule has 0 fully saturated rings. The van der Waals surface area contributed by atoms with Crippen molar-refractivity contribution in [1.29, 1.82) is 0 Å². The van der Waals surface area contributed by atoms with Crippen molar-refractivity contribution in [2.45, 2.75) is 6.92 Å². The summed E-state index contributed by atoms with van der Waals surface area (Å²) in [5.41, 5.74) is 1.32. The summed E-state index contributed by atoms with van der Waals surface area (Å²) in [6.45, 7) is 1.67. The van der Waals surface area contributed by atoms with Crippen LogP contribution >= 0.6 is 0 Å². The van der Waals surface area contributed by atoms with Crippen molar-refractivity contribution < 1.29 is 19.0 Å². The number of aromatic nitrogens is 2. The monoisotopic (exact) mass is 250 g/mol. The van der Waals surface area contributed by atoms with E-state index in [1.54, 1.807) is 6.92 Å². The van der Waals surface area contributed by atoms with E-state index in [1.807, 2.05) is 0 Å². The Morgan fingerprint density at radius 3 is 2.78 bits per heavy atom. The smallest absolute Gasteiger partial charge is 0.371 e. The Morgan fingerprint density at radius 1 is 1.50 bits per heavy atom. The van der Waals surface area contributed by atoms with Crippen molar-refractivity contribution in [3.8, 4) is 17.0 Å². The van der Waals surface area contributed by atoms with Gasteiger partial charge in [0.2, 0.25) is 5.82 Å². The number of benzene rings is 1. The first-order valence-electron chi connectivity index (χ1n) is 5.16. The first-order valence-corrected chi connectivity index (χ1v) is 5.16. The molecule has 6 heteroatoms. The number of nitrogens with zero attached hydrogens (tertiary/aromatic N) is 1. The molecule has 0 bridgehead atoms. The number of aryl methyl sites for hydroxylation is 1. The highest BCUT2D eigenvalue weighted by Gasteiger charge is 2.17. The average Bonchev–Trinajstić information content (AvgIpc) is 2.71. The molecular formula is C12H11FN2O3. The van der Waals surface area contributed by atoms with Gasteiger partial charge in [-0.2, -0.15) is 0 Å². The summed E-state index contributed by atoms with van der Waals surface area (Å²) in [5, 5.41) is 8.85. The van der Waals surface area contributed by atoms with Gasteiger partial charge in [0.05, 0.1) is 12.8 Å². The van der Waals surface area contributed by atoms with Crippen molar-refractivity contribution >= 4 is 5.97 Å². The number of methoxy groups -OCH3 is 1. The zero-order valence-electron chi connectivity index (χ0n) is 9.82. The minimum atomic E-state index is -1.17. The molecule has 94 valence electrons. The van der Waals surface area contributed by atoms with E-state index in [0.29, 0.717) is 22.7 Å². The van der Waals surface area contributed by atoms with Gasteiger partial charge in [-0.15, -0.1) is 0 Å². The van der Waals surface area contributed by atoms with Gasteiger partial charge in [-0.05, 0) is 25.1 Å². The van der Waals surface area contributed by atoms with E-state index >= 15 is 0 Å². The molecular weight excluding hydrogens is 239 g/mol. The van der Waals surface area contributed by atoms with Crippen LogP contribution in [0.1, 0.15) is 16.3 Å². The Labute approximate surface area is 102 Å². The molecule has 0 radical (unpaired) electrons. The number of carboxylic acid groups (broad SMARTS) is 1. The van der Waals surface area contributed by atoms with E-state index in [-0.39, 0.29) is 5.82 Å². The van der Waals surface area contributed by atoms with Gasteiger partial charge in [0.1, 0.15) is 11.6 Å². The predicted octanol–water partition coefficient (Wildman–Crippen LogP) is 2.23. The molecule has 5 nitrogen and oxygen atoms in total. The van der Waals surface area contributed by atoms with Crippen LogP contribution in [0, 0.1) is 12.7 Å². The largest absolute Gasteiger partial charge is 0.496 e. The third kappa shape index (κ3) is 2.04. The lowest BCUT2D eigenvalue weighted by Crippen LogP contribution is -1.98. The summed E-state index contributed by atoms with van der Waals surface area (Å²) in [5.74, 6) is -1.36. The van der Waals surface area contributed by atoms with Crippen molar-refractivity contribution in [1.82, 2.24) is 9.97 Å². The summed E-state index contributed by atoms with van der Waals surface area (Å²) < 4.78 is 18.4. The third-order valence-corrected chi connectivity index (χ3v) is 2.50. The summed E-state index contributed by atoms with van der Waals surface area (Å²) in [6, 6.07) is 4.00. The van der Waals surface area contributed by atoms with Crippen LogP contribution in [-0.2, 0) is 0 Å². The van der Waals surface area contributed by atoms with Crippen LogP contribution < -0.4 is 4.74 Å². The van der Waals surface area contributed by atoms with Gasteiger partial charge in [-0.3, -0.25) is 0 Å². The number of ether oxygens (including phenoxy) is 1.